The number of hydrogen-bond donors (Lipinski definition) is 2. The van der Waals surface area contributed by atoms with Crippen molar-refractivity contribution in [2.75, 3.05) is 20.3 Å². The van der Waals surface area contributed by atoms with Crippen molar-refractivity contribution in [2.24, 2.45) is 0 Å². The highest BCUT2D eigenvalue weighted by Crippen LogP contribution is 2.35. The molecule has 1 aliphatic carbocycles. The van der Waals surface area contributed by atoms with Gasteiger partial charge in [-0.3, -0.25) is 4.79 Å². The first kappa shape index (κ1) is 13.2. The van der Waals surface area contributed by atoms with E-state index in [-0.39, 0.29) is 11.8 Å². The van der Waals surface area contributed by atoms with Gasteiger partial charge in [-0.05, 0) is 30.9 Å². The summed E-state index contributed by atoms with van der Waals surface area (Å²) in [5.41, 5.74) is 3.56. The number of para-hydroxylation sites is 1. The minimum Gasteiger partial charge on any atom is -0.383 e. The number of hydrogen-bond acceptors (Lipinski definition) is 2. The van der Waals surface area contributed by atoms with Crippen molar-refractivity contribution in [2.45, 2.75) is 25.2 Å². The van der Waals surface area contributed by atoms with Gasteiger partial charge in [0.15, 0.2) is 0 Å². The van der Waals surface area contributed by atoms with Crippen LogP contribution in [-0.2, 0) is 16.0 Å². The van der Waals surface area contributed by atoms with Crippen molar-refractivity contribution >= 4 is 16.8 Å². The number of aromatic nitrogens is 1. The van der Waals surface area contributed by atoms with E-state index in [0.717, 1.165) is 30.5 Å². The van der Waals surface area contributed by atoms with Crippen LogP contribution in [-0.4, -0.2) is 31.2 Å². The Kier molecular flexibility index (Phi) is 3.74. The van der Waals surface area contributed by atoms with Crippen molar-refractivity contribution in [3.05, 3.63) is 35.5 Å². The van der Waals surface area contributed by atoms with Crippen LogP contribution in [0, 0.1) is 0 Å². The molecular weight excluding hydrogens is 252 g/mol. The fourth-order valence-electron chi connectivity index (χ4n) is 3.08. The molecule has 3 rings (SSSR count). The molecule has 20 heavy (non-hydrogen) atoms. The summed E-state index contributed by atoms with van der Waals surface area (Å²) in [6.45, 7) is 1.12. The molecule has 0 aliphatic heterocycles. The van der Waals surface area contributed by atoms with Crippen LogP contribution in [0.3, 0.4) is 0 Å². The average molecular weight is 272 g/mol. The Hall–Kier alpha value is -1.81. The number of aryl methyl sites for hydroxylation is 1. The van der Waals surface area contributed by atoms with Crippen LogP contribution < -0.4 is 5.32 Å². The van der Waals surface area contributed by atoms with Gasteiger partial charge in [-0.2, -0.15) is 0 Å². The molecule has 0 radical (unpaired) electrons. The highest BCUT2D eigenvalue weighted by molar-refractivity contribution is 5.90. The minimum atomic E-state index is -0.0528. The first-order chi connectivity index (χ1) is 9.81. The number of carbonyl (C=O) groups excluding carboxylic acids is 1. The summed E-state index contributed by atoms with van der Waals surface area (Å²) in [5, 5.41) is 4.22. The van der Waals surface area contributed by atoms with E-state index in [9.17, 15) is 4.79 Å². The van der Waals surface area contributed by atoms with Crippen LogP contribution in [0.2, 0.25) is 0 Å². The topological polar surface area (TPSA) is 54.1 Å². The summed E-state index contributed by atoms with van der Waals surface area (Å²) in [5.74, 6) is 0.0533. The molecule has 1 aliphatic rings. The van der Waals surface area contributed by atoms with Gasteiger partial charge < -0.3 is 15.0 Å². The van der Waals surface area contributed by atoms with Crippen LogP contribution >= 0.6 is 0 Å². The van der Waals surface area contributed by atoms with Crippen molar-refractivity contribution in [1.82, 2.24) is 10.3 Å². The van der Waals surface area contributed by atoms with Crippen LogP contribution in [0.25, 0.3) is 10.9 Å². The second-order valence-corrected chi connectivity index (χ2v) is 5.29. The average Bonchev–Trinajstić information content (AvgIpc) is 2.86. The molecule has 0 spiro atoms. The van der Waals surface area contributed by atoms with E-state index in [1.165, 1.54) is 10.9 Å². The molecule has 1 unspecified atom stereocenters. The van der Waals surface area contributed by atoms with E-state index in [1.807, 2.05) is 6.07 Å². The fourth-order valence-corrected chi connectivity index (χ4v) is 3.08. The molecule has 2 aromatic rings. The van der Waals surface area contributed by atoms with E-state index in [2.05, 4.69) is 28.5 Å². The molecule has 4 heteroatoms. The normalized spacial score (nSPS) is 17.9. The Bertz CT molecular complexity index is 618. The molecule has 2 N–H and O–H groups in total. The van der Waals surface area contributed by atoms with E-state index < -0.39 is 0 Å². The van der Waals surface area contributed by atoms with Crippen molar-refractivity contribution in [3.63, 3.8) is 0 Å². The largest absolute Gasteiger partial charge is 0.383 e. The third-order valence-electron chi connectivity index (χ3n) is 4.04. The molecule has 0 saturated carbocycles. The predicted molar refractivity (Wildman–Crippen MR) is 78.9 cm³/mol. The zero-order valence-corrected chi connectivity index (χ0v) is 11.7. The van der Waals surface area contributed by atoms with Gasteiger partial charge in [0.2, 0.25) is 5.91 Å². The maximum Gasteiger partial charge on any atom is 0.229 e. The van der Waals surface area contributed by atoms with E-state index >= 15 is 0 Å². The van der Waals surface area contributed by atoms with Gasteiger partial charge in [-0.15, -0.1) is 0 Å². The van der Waals surface area contributed by atoms with Crippen LogP contribution in [0.15, 0.2) is 24.3 Å². The Morgan fingerprint density at radius 2 is 2.30 bits per heavy atom. The highest BCUT2D eigenvalue weighted by Gasteiger charge is 2.29. The summed E-state index contributed by atoms with van der Waals surface area (Å²) in [6, 6.07) is 8.29. The molecule has 1 atom stereocenters. The molecule has 0 bridgehead atoms. The third kappa shape index (κ3) is 2.31. The second-order valence-electron chi connectivity index (χ2n) is 5.29. The number of aromatic amines is 1. The summed E-state index contributed by atoms with van der Waals surface area (Å²) >= 11 is 0. The summed E-state index contributed by atoms with van der Waals surface area (Å²) in [4.78, 5) is 15.8. The molecule has 1 aromatic carbocycles. The highest BCUT2D eigenvalue weighted by atomic mass is 16.5. The Labute approximate surface area is 118 Å². The zero-order valence-electron chi connectivity index (χ0n) is 11.7. The molecule has 0 saturated heterocycles. The summed E-state index contributed by atoms with van der Waals surface area (Å²) in [7, 11) is 1.64. The van der Waals surface area contributed by atoms with Crippen molar-refractivity contribution in [3.8, 4) is 0 Å². The van der Waals surface area contributed by atoms with Gasteiger partial charge in [0, 0.05) is 30.3 Å². The Balaban J connectivity index is 1.88. The molecule has 0 fully saturated rings. The lowest BCUT2D eigenvalue weighted by Gasteiger charge is -2.22. The molecule has 4 nitrogen and oxygen atoms in total. The van der Waals surface area contributed by atoms with Crippen molar-refractivity contribution in [1.29, 1.82) is 0 Å². The maximum absolute atomic E-state index is 12.3. The lowest BCUT2D eigenvalue weighted by molar-refractivity contribution is -0.123. The molecule has 1 amide bonds. The second kappa shape index (κ2) is 5.67. The number of carbonyl (C=O) groups is 1. The predicted octanol–water partition coefficient (Wildman–Crippen LogP) is 2.35. The van der Waals surface area contributed by atoms with Gasteiger partial charge in [0.25, 0.3) is 0 Å². The monoisotopic (exact) mass is 272 g/mol. The number of methoxy groups -OCH3 is 1. The number of amides is 1. The van der Waals surface area contributed by atoms with E-state index in [0.29, 0.717) is 13.2 Å². The van der Waals surface area contributed by atoms with Crippen LogP contribution in [0.5, 0.6) is 0 Å². The standard InChI is InChI=1S/C16H20N2O2/c1-20-10-9-17-16(19)13-7-4-6-12-11-5-2-3-8-14(11)18-15(12)13/h2-3,5,8,13,18H,4,6-7,9-10H2,1H3,(H,17,19). The number of benzene rings is 1. The van der Waals surface area contributed by atoms with Gasteiger partial charge in [-0.25, -0.2) is 0 Å². The smallest absolute Gasteiger partial charge is 0.229 e. The molecule has 106 valence electrons. The zero-order chi connectivity index (χ0) is 13.9. The fraction of sp³-hybridized carbons (Fsp3) is 0.438. The van der Waals surface area contributed by atoms with Crippen LogP contribution in [0.4, 0.5) is 0 Å². The Morgan fingerprint density at radius 3 is 3.15 bits per heavy atom. The van der Waals surface area contributed by atoms with E-state index in [1.54, 1.807) is 7.11 Å². The first-order valence-electron chi connectivity index (χ1n) is 7.17. The molecular formula is C16H20N2O2. The minimum absolute atomic E-state index is 0.0528. The van der Waals surface area contributed by atoms with Gasteiger partial charge in [-0.1, -0.05) is 18.2 Å². The number of ether oxygens (including phenoxy) is 1. The van der Waals surface area contributed by atoms with Crippen LogP contribution in [0.1, 0.15) is 30.0 Å². The lowest BCUT2D eigenvalue weighted by atomic mass is 9.86. The van der Waals surface area contributed by atoms with Gasteiger partial charge in [0.05, 0.1) is 12.5 Å². The first-order valence-corrected chi connectivity index (χ1v) is 7.17. The third-order valence-corrected chi connectivity index (χ3v) is 4.04. The maximum atomic E-state index is 12.3. The number of fused-ring (bicyclic) bond motifs is 3. The quantitative estimate of drug-likeness (QED) is 0.839. The SMILES string of the molecule is COCCNC(=O)C1CCCc2c1[nH]c1ccccc21. The number of rotatable bonds is 4. The Morgan fingerprint density at radius 1 is 1.45 bits per heavy atom. The van der Waals surface area contributed by atoms with Gasteiger partial charge in [0.1, 0.15) is 0 Å². The van der Waals surface area contributed by atoms with E-state index in [4.69, 9.17) is 4.74 Å². The molecule has 1 heterocycles. The number of nitrogens with one attached hydrogen (secondary N) is 2. The van der Waals surface area contributed by atoms with Crippen molar-refractivity contribution < 1.29 is 9.53 Å². The summed E-state index contributed by atoms with van der Waals surface area (Å²) in [6.07, 6.45) is 3.04. The van der Waals surface area contributed by atoms with Gasteiger partial charge >= 0.3 is 0 Å². The number of H-pyrrole nitrogens is 1. The summed E-state index contributed by atoms with van der Waals surface area (Å²) < 4.78 is 4.97. The lowest BCUT2D eigenvalue weighted by Crippen LogP contribution is -2.33. The molecule has 1 aromatic heterocycles.